The van der Waals surface area contributed by atoms with Gasteiger partial charge in [-0.1, -0.05) is 20.8 Å². The van der Waals surface area contributed by atoms with Crippen LogP contribution in [-0.4, -0.2) is 39.4 Å². The zero-order valence-electron chi connectivity index (χ0n) is 10.7. The van der Waals surface area contributed by atoms with Gasteiger partial charge >= 0.3 is 5.97 Å². The van der Waals surface area contributed by atoms with Crippen LogP contribution in [0.2, 0.25) is 0 Å². The van der Waals surface area contributed by atoms with Crippen molar-refractivity contribution in [2.24, 2.45) is 11.1 Å². The van der Waals surface area contributed by atoms with Gasteiger partial charge in [-0.2, -0.15) is 8.42 Å². The van der Waals surface area contributed by atoms with Gasteiger partial charge in [-0.3, -0.25) is 8.98 Å². The minimum Gasteiger partial charge on any atom is -0.465 e. The zero-order valence-corrected chi connectivity index (χ0v) is 11.5. The van der Waals surface area contributed by atoms with Crippen LogP contribution in [0, 0.1) is 5.41 Å². The monoisotopic (exact) mass is 267 g/mol. The summed E-state index contributed by atoms with van der Waals surface area (Å²) in [6, 6.07) is -1.21. The molecule has 102 valence electrons. The molecule has 0 unspecified atom stereocenters. The van der Waals surface area contributed by atoms with Gasteiger partial charge in [0.25, 0.3) is 10.1 Å². The Kier molecular flexibility index (Phi) is 6.08. The van der Waals surface area contributed by atoms with Crippen molar-refractivity contribution in [2.75, 3.05) is 19.0 Å². The quantitative estimate of drug-likeness (QED) is 0.548. The largest absolute Gasteiger partial charge is 0.465 e. The van der Waals surface area contributed by atoms with Crippen molar-refractivity contribution in [3.63, 3.8) is 0 Å². The SMILES string of the molecule is CCOC(=O)[C@@H](N)CS(=O)(=O)OCC(C)(C)C. The molecule has 0 bridgehead atoms. The van der Waals surface area contributed by atoms with Crippen LogP contribution < -0.4 is 5.73 Å². The molecule has 2 N–H and O–H groups in total. The van der Waals surface area contributed by atoms with Crippen LogP contribution in [0.15, 0.2) is 0 Å². The van der Waals surface area contributed by atoms with Crippen LogP contribution in [-0.2, 0) is 23.8 Å². The van der Waals surface area contributed by atoms with E-state index < -0.39 is 27.9 Å². The molecule has 0 radical (unpaired) electrons. The highest BCUT2D eigenvalue weighted by atomic mass is 32.2. The fraction of sp³-hybridized carbons (Fsp3) is 0.900. The third-order valence-corrected chi connectivity index (χ3v) is 2.89. The van der Waals surface area contributed by atoms with Crippen molar-refractivity contribution in [3.8, 4) is 0 Å². The summed E-state index contributed by atoms with van der Waals surface area (Å²) in [5, 5.41) is 0. The molecule has 17 heavy (non-hydrogen) atoms. The Morgan fingerprint density at radius 1 is 1.35 bits per heavy atom. The van der Waals surface area contributed by atoms with Crippen LogP contribution in [0.1, 0.15) is 27.7 Å². The van der Waals surface area contributed by atoms with Crippen LogP contribution in [0.3, 0.4) is 0 Å². The highest BCUT2D eigenvalue weighted by Gasteiger charge is 2.25. The number of hydrogen-bond acceptors (Lipinski definition) is 6. The van der Waals surface area contributed by atoms with E-state index in [9.17, 15) is 13.2 Å². The summed E-state index contributed by atoms with van der Waals surface area (Å²) in [5.41, 5.74) is 5.12. The number of hydrogen-bond donors (Lipinski definition) is 1. The molecule has 1 atom stereocenters. The Labute approximate surface area is 103 Å². The van der Waals surface area contributed by atoms with Gasteiger partial charge in [-0.15, -0.1) is 0 Å². The Morgan fingerprint density at radius 2 is 1.88 bits per heavy atom. The first kappa shape index (κ1) is 16.3. The van der Waals surface area contributed by atoms with E-state index in [0.717, 1.165) is 0 Å². The van der Waals surface area contributed by atoms with Gasteiger partial charge in [0, 0.05) is 0 Å². The van der Waals surface area contributed by atoms with E-state index in [0.29, 0.717) is 0 Å². The predicted molar refractivity (Wildman–Crippen MR) is 63.8 cm³/mol. The fourth-order valence-corrected chi connectivity index (χ4v) is 2.06. The van der Waals surface area contributed by atoms with Gasteiger partial charge in [0.05, 0.1) is 13.2 Å². The molecule has 6 nitrogen and oxygen atoms in total. The van der Waals surface area contributed by atoms with Gasteiger partial charge in [0.1, 0.15) is 11.8 Å². The summed E-state index contributed by atoms with van der Waals surface area (Å²) >= 11 is 0. The Bertz CT molecular complexity index is 344. The van der Waals surface area contributed by atoms with Gasteiger partial charge in [0.2, 0.25) is 0 Å². The van der Waals surface area contributed by atoms with E-state index in [1.165, 1.54) is 0 Å². The molecule has 0 spiro atoms. The molecular weight excluding hydrogens is 246 g/mol. The minimum absolute atomic E-state index is 0.0465. The molecule has 7 heteroatoms. The van der Waals surface area contributed by atoms with E-state index in [1.54, 1.807) is 6.92 Å². The van der Waals surface area contributed by atoms with Gasteiger partial charge in [-0.25, -0.2) is 0 Å². The maximum Gasteiger partial charge on any atom is 0.324 e. The van der Waals surface area contributed by atoms with Crippen LogP contribution >= 0.6 is 0 Å². The number of esters is 1. The first-order valence-electron chi connectivity index (χ1n) is 5.37. The number of carbonyl (C=O) groups excluding carboxylic acids is 1. The second-order valence-electron chi connectivity index (χ2n) is 4.91. The second kappa shape index (κ2) is 6.32. The van der Waals surface area contributed by atoms with Crippen molar-refractivity contribution in [1.29, 1.82) is 0 Å². The number of ether oxygens (including phenoxy) is 1. The molecule has 0 saturated heterocycles. The van der Waals surface area contributed by atoms with Crippen molar-refractivity contribution >= 4 is 16.1 Å². The fourth-order valence-electron chi connectivity index (χ4n) is 0.852. The van der Waals surface area contributed by atoms with Crippen molar-refractivity contribution in [3.05, 3.63) is 0 Å². The summed E-state index contributed by atoms with van der Waals surface area (Å²) < 4.78 is 32.4. The molecule has 0 amide bonds. The van der Waals surface area contributed by atoms with E-state index in [-0.39, 0.29) is 18.6 Å². The van der Waals surface area contributed by atoms with Gasteiger partial charge in [-0.05, 0) is 12.3 Å². The maximum atomic E-state index is 11.5. The van der Waals surface area contributed by atoms with Crippen molar-refractivity contribution in [2.45, 2.75) is 33.7 Å². The molecule has 0 aromatic heterocycles. The predicted octanol–water partition coefficient (Wildman–Crippen LogP) is 0.269. The molecule has 0 rings (SSSR count). The van der Waals surface area contributed by atoms with Crippen LogP contribution in [0.5, 0.6) is 0 Å². The van der Waals surface area contributed by atoms with Gasteiger partial charge in [0.15, 0.2) is 0 Å². The molecule has 0 aliphatic carbocycles. The summed E-state index contributed by atoms with van der Waals surface area (Å²) in [4.78, 5) is 11.2. The first-order chi connectivity index (χ1) is 7.57. The number of carbonyl (C=O) groups is 1. The number of nitrogens with two attached hydrogens (primary N) is 1. The lowest BCUT2D eigenvalue weighted by molar-refractivity contribution is -0.144. The third-order valence-electron chi connectivity index (χ3n) is 1.64. The normalized spacial score (nSPS) is 14.4. The highest BCUT2D eigenvalue weighted by molar-refractivity contribution is 7.86. The summed E-state index contributed by atoms with van der Waals surface area (Å²) in [5.74, 6) is -1.31. The molecule has 0 aromatic carbocycles. The summed E-state index contributed by atoms with van der Waals surface area (Å²) in [7, 11) is -3.80. The molecule has 0 aliphatic rings. The smallest absolute Gasteiger partial charge is 0.324 e. The van der Waals surface area contributed by atoms with Gasteiger partial charge < -0.3 is 10.5 Å². The highest BCUT2D eigenvalue weighted by Crippen LogP contribution is 2.14. The Balaban J connectivity index is 4.31. The summed E-state index contributed by atoms with van der Waals surface area (Å²) in [6.45, 7) is 7.35. The van der Waals surface area contributed by atoms with E-state index in [2.05, 4.69) is 4.74 Å². The molecule has 0 aliphatic heterocycles. The molecule has 0 fully saturated rings. The standard InChI is InChI=1S/C10H21NO5S/c1-5-15-9(12)8(11)6-17(13,14)16-7-10(2,3)4/h8H,5-7,11H2,1-4H3/t8-/m0/s1. The van der Waals surface area contributed by atoms with E-state index in [4.69, 9.17) is 9.92 Å². The lowest BCUT2D eigenvalue weighted by atomic mass is 9.99. The maximum absolute atomic E-state index is 11.5. The van der Waals surface area contributed by atoms with Crippen molar-refractivity contribution in [1.82, 2.24) is 0 Å². The third kappa shape index (κ3) is 8.12. The topological polar surface area (TPSA) is 95.7 Å². The Morgan fingerprint density at radius 3 is 2.29 bits per heavy atom. The molecule has 0 aromatic rings. The summed E-state index contributed by atoms with van der Waals surface area (Å²) in [6.07, 6.45) is 0. The molecule has 0 heterocycles. The molecular formula is C10H21NO5S. The second-order valence-corrected chi connectivity index (χ2v) is 6.59. The van der Waals surface area contributed by atoms with E-state index >= 15 is 0 Å². The number of rotatable bonds is 6. The van der Waals surface area contributed by atoms with Crippen molar-refractivity contribution < 1.29 is 22.1 Å². The van der Waals surface area contributed by atoms with E-state index in [1.807, 2.05) is 20.8 Å². The average Bonchev–Trinajstić information content (AvgIpc) is 2.14. The van der Waals surface area contributed by atoms with Crippen LogP contribution in [0.4, 0.5) is 0 Å². The lowest BCUT2D eigenvalue weighted by Gasteiger charge is -2.18. The zero-order chi connectivity index (χ0) is 13.7. The molecule has 0 saturated carbocycles. The average molecular weight is 267 g/mol. The lowest BCUT2D eigenvalue weighted by Crippen LogP contribution is -2.39. The minimum atomic E-state index is -3.80. The van der Waals surface area contributed by atoms with Crippen LogP contribution in [0.25, 0.3) is 0 Å². The Hall–Kier alpha value is -0.660. The first-order valence-corrected chi connectivity index (χ1v) is 6.94.